The van der Waals surface area contributed by atoms with E-state index >= 15 is 0 Å². The summed E-state index contributed by atoms with van der Waals surface area (Å²) < 4.78 is 1.97. The molecule has 6 nitrogen and oxygen atoms in total. The molecule has 1 fully saturated rings. The molecule has 0 saturated heterocycles. The average molecular weight is 503 g/mol. The van der Waals surface area contributed by atoms with Crippen LogP contribution in [-0.2, 0) is 20.0 Å². The van der Waals surface area contributed by atoms with Gasteiger partial charge in [0, 0.05) is 24.7 Å². The molecule has 1 aliphatic carbocycles. The summed E-state index contributed by atoms with van der Waals surface area (Å²) in [5.74, 6) is 2.60. The highest BCUT2D eigenvalue weighted by Gasteiger charge is 2.16. The Kier molecular flexibility index (Phi) is 8.82. The SMILES string of the molecule is Cc1nnc(CN=C(NCCc2ccccc2Cl)NC2CCCC2)n1C.I. The highest BCUT2D eigenvalue weighted by molar-refractivity contribution is 14.0. The first-order chi connectivity index (χ1) is 12.6. The zero-order valence-corrected chi connectivity index (χ0v) is 19.0. The third kappa shape index (κ3) is 6.34. The van der Waals surface area contributed by atoms with Crippen LogP contribution in [0.5, 0.6) is 0 Å². The molecule has 0 amide bonds. The van der Waals surface area contributed by atoms with E-state index in [1.807, 2.05) is 36.7 Å². The van der Waals surface area contributed by atoms with Gasteiger partial charge >= 0.3 is 0 Å². The van der Waals surface area contributed by atoms with Crippen LogP contribution in [0.25, 0.3) is 0 Å². The highest BCUT2D eigenvalue weighted by atomic mass is 127. The van der Waals surface area contributed by atoms with Crippen LogP contribution in [-0.4, -0.2) is 33.3 Å². The van der Waals surface area contributed by atoms with Gasteiger partial charge in [-0.3, -0.25) is 0 Å². The molecule has 0 unspecified atom stereocenters. The second-order valence-electron chi connectivity index (χ2n) is 6.78. The smallest absolute Gasteiger partial charge is 0.191 e. The maximum Gasteiger partial charge on any atom is 0.191 e. The first kappa shape index (κ1) is 21.9. The Labute approximate surface area is 183 Å². The number of rotatable bonds is 6. The lowest BCUT2D eigenvalue weighted by atomic mass is 10.1. The Morgan fingerprint density at radius 2 is 2.00 bits per heavy atom. The normalized spacial score (nSPS) is 14.9. The fraction of sp³-hybridized carbons (Fsp3) is 0.526. The van der Waals surface area contributed by atoms with Crippen LogP contribution in [0.4, 0.5) is 0 Å². The second kappa shape index (κ2) is 10.8. The molecule has 2 N–H and O–H groups in total. The fourth-order valence-corrected chi connectivity index (χ4v) is 3.40. The number of guanidine groups is 1. The zero-order chi connectivity index (χ0) is 18.4. The van der Waals surface area contributed by atoms with Crippen LogP contribution in [0.15, 0.2) is 29.3 Å². The van der Waals surface area contributed by atoms with Crippen molar-refractivity contribution in [3.05, 3.63) is 46.5 Å². The molecule has 1 aromatic carbocycles. The van der Waals surface area contributed by atoms with Crippen molar-refractivity contribution < 1.29 is 0 Å². The first-order valence-electron chi connectivity index (χ1n) is 9.26. The number of aryl methyl sites for hydroxylation is 1. The van der Waals surface area contributed by atoms with Gasteiger partial charge in [-0.2, -0.15) is 0 Å². The maximum absolute atomic E-state index is 6.25. The second-order valence-corrected chi connectivity index (χ2v) is 7.19. The molecule has 3 rings (SSSR count). The Morgan fingerprint density at radius 1 is 1.26 bits per heavy atom. The Bertz CT molecular complexity index is 754. The molecule has 0 bridgehead atoms. The summed E-state index contributed by atoms with van der Waals surface area (Å²) in [6.07, 6.45) is 5.83. The number of benzene rings is 1. The molecule has 27 heavy (non-hydrogen) atoms. The van der Waals surface area contributed by atoms with E-state index in [2.05, 4.69) is 26.9 Å². The summed E-state index contributed by atoms with van der Waals surface area (Å²) in [4.78, 5) is 4.72. The van der Waals surface area contributed by atoms with E-state index in [0.717, 1.165) is 41.2 Å². The number of nitrogens with one attached hydrogen (secondary N) is 2. The van der Waals surface area contributed by atoms with Gasteiger partial charge in [0.05, 0.1) is 0 Å². The highest BCUT2D eigenvalue weighted by Crippen LogP contribution is 2.17. The topological polar surface area (TPSA) is 67.1 Å². The van der Waals surface area contributed by atoms with Gasteiger partial charge in [0.15, 0.2) is 11.8 Å². The molecule has 8 heteroatoms. The lowest BCUT2D eigenvalue weighted by Crippen LogP contribution is -2.43. The third-order valence-corrected chi connectivity index (χ3v) is 5.27. The molecule has 1 heterocycles. The number of halogens is 2. The molecule has 1 saturated carbocycles. The molecule has 2 aromatic rings. The summed E-state index contributed by atoms with van der Waals surface area (Å²) in [7, 11) is 1.97. The fourth-order valence-electron chi connectivity index (χ4n) is 3.17. The molecule has 0 atom stereocenters. The van der Waals surface area contributed by atoms with Crippen molar-refractivity contribution in [3.63, 3.8) is 0 Å². The monoisotopic (exact) mass is 502 g/mol. The zero-order valence-electron chi connectivity index (χ0n) is 15.9. The van der Waals surface area contributed by atoms with Gasteiger partial charge in [0.1, 0.15) is 12.4 Å². The van der Waals surface area contributed by atoms with Crippen molar-refractivity contribution in [1.82, 2.24) is 25.4 Å². The van der Waals surface area contributed by atoms with E-state index in [-0.39, 0.29) is 24.0 Å². The minimum atomic E-state index is 0. The minimum absolute atomic E-state index is 0. The van der Waals surface area contributed by atoms with Gasteiger partial charge in [-0.1, -0.05) is 42.6 Å². The van der Waals surface area contributed by atoms with Crippen LogP contribution in [0.2, 0.25) is 5.02 Å². The summed E-state index contributed by atoms with van der Waals surface area (Å²) in [5.41, 5.74) is 1.14. The van der Waals surface area contributed by atoms with Crippen LogP contribution in [0, 0.1) is 6.92 Å². The van der Waals surface area contributed by atoms with Crippen molar-refractivity contribution in [2.24, 2.45) is 12.0 Å². The van der Waals surface area contributed by atoms with E-state index in [1.165, 1.54) is 25.7 Å². The van der Waals surface area contributed by atoms with Crippen molar-refractivity contribution in [2.45, 2.75) is 51.6 Å². The van der Waals surface area contributed by atoms with Gasteiger partial charge < -0.3 is 15.2 Å². The first-order valence-corrected chi connectivity index (χ1v) is 9.64. The van der Waals surface area contributed by atoms with Gasteiger partial charge in [-0.25, -0.2) is 4.99 Å². The average Bonchev–Trinajstić information content (AvgIpc) is 3.25. The quantitative estimate of drug-likeness (QED) is 0.360. The van der Waals surface area contributed by atoms with Gasteiger partial charge in [0.2, 0.25) is 0 Å². The van der Waals surface area contributed by atoms with Crippen molar-refractivity contribution >= 4 is 41.5 Å². The summed E-state index contributed by atoms with van der Waals surface area (Å²) in [5, 5.41) is 16.1. The Hall–Kier alpha value is -1.35. The van der Waals surface area contributed by atoms with Gasteiger partial charge in [-0.15, -0.1) is 34.2 Å². The lowest BCUT2D eigenvalue weighted by molar-refractivity contribution is 0.610. The predicted octanol–water partition coefficient (Wildman–Crippen LogP) is 3.62. The van der Waals surface area contributed by atoms with Crippen LogP contribution < -0.4 is 10.6 Å². The van der Waals surface area contributed by atoms with Crippen molar-refractivity contribution in [3.8, 4) is 0 Å². The predicted molar refractivity (Wildman–Crippen MR) is 121 cm³/mol. The van der Waals surface area contributed by atoms with Crippen LogP contribution in [0.3, 0.4) is 0 Å². The standard InChI is InChI=1S/C19H27ClN6.HI/c1-14-24-25-18(26(14)2)13-22-19(23-16-8-4-5-9-16)21-12-11-15-7-3-6-10-17(15)20;/h3,6-7,10,16H,4-5,8-9,11-13H2,1-2H3,(H2,21,22,23);1H. The molecular weight excluding hydrogens is 475 g/mol. The van der Waals surface area contributed by atoms with E-state index < -0.39 is 0 Å². The van der Waals surface area contributed by atoms with Crippen LogP contribution >= 0.6 is 35.6 Å². The summed E-state index contributed by atoms with van der Waals surface area (Å²) in [6.45, 7) is 3.23. The lowest BCUT2D eigenvalue weighted by Gasteiger charge is -2.17. The van der Waals surface area contributed by atoms with Gasteiger partial charge in [0.25, 0.3) is 0 Å². The van der Waals surface area contributed by atoms with E-state index in [1.54, 1.807) is 0 Å². The Balaban J connectivity index is 0.00000261. The van der Waals surface area contributed by atoms with E-state index in [9.17, 15) is 0 Å². The maximum atomic E-state index is 6.25. The van der Waals surface area contributed by atoms with E-state index in [0.29, 0.717) is 12.6 Å². The molecule has 0 radical (unpaired) electrons. The minimum Gasteiger partial charge on any atom is -0.356 e. The molecule has 148 valence electrons. The number of hydrogen-bond donors (Lipinski definition) is 2. The number of hydrogen-bond acceptors (Lipinski definition) is 3. The molecule has 0 spiro atoms. The number of nitrogens with zero attached hydrogens (tertiary/aromatic N) is 4. The molecule has 1 aliphatic rings. The van der Waals surface area contributed by atoms with Gasteiger partial charge in [-0.05, 0) is 37.8 Å². The third-order valence-electron chi connectivity index (χ3n) is 4.90. The summed E-state index contributed by atoms with van der Waals surface area (Å²) in [6, 6.07) is 8.47. The number of aromatic nitrogens is 3. The van der Waals surface area contributed by atoms with Crippen LogP contribution in [0.1, 0.15) is 42.9 Å². The largest absolute Gasteiger partial charge is 0.356 e. The van der Waals surface area contributed by atoms with E-state index in [4.69, 9.17) is 16.6 Å². The molecule has 1 aromatic heterocycles. The molecular formula is C19H28ClIN6. The summed E-state index contributed by atoms with van der Waals surface area (Å²) >= 11 is 6.25. The van der Waals surface area contributed by atoms with Crippen molar-refractivity contribution in [2.75, 3.05) is 6.54 Å². The number of aliphatic imine (C=N–C) groups is 1. The van der Waals surface area contributed by atoms with Crippen molar-refractivity contribution in [1.29, 1.82) is 0 Å². The molecule has 0 aliphatic heterocycles. The Morgan fingerprint density at radius 3 is 2.67 bits per heavy atom.